The van der Waals surface area contributed by atoms with E-state index in [9.17, 15) is 14.4 Å². The fourth-order valence-electron chi connectivity index (χ4n) is 3.44. The van der Waals surface area contributed by atoms with E-state index in [1.54, 1.807) is 18.2 Å². The Morgan fingerprint density at radius 1 is 1.12 bits per heavy atom. The summed E-state index contributed by atoms with van der Waals surface area (Å²) in [7, 11) is 1.51. The summed E-state index contributed by atoms with van der Waals surface area (Å²) in [5.74, 6) is -0.158. The summed E-state index contributed by atoms with van der Waals surface area (Å²) in [4.78, 5) is 39.2. The molecule has 2 aromatic carbocycles. The van der Waals surface area contributed by atoms with Gasteiger partial charge in [-0.25, -0.2) is 10.3 Å². The molecule has 0 spiro atoms. The molecule has 3 rings (SSSR count). The second-order valence-electron chi connectivity index (χ2n) is 7.78. The molecule has 1 aliphatic rings. The van der Waals surface area contributed by atoms with Crippen LogP contribution in [0.3, 0.4) is 0 Å². The van der Waals surface area contributed by atoms with Gasteiger partial charge in [0.15, 0.2) is 11.5 Å². The third kappa shape index (κ3) is 5.08. The van der Waals surface area contributed by atoms with Gasteiger partial charge in [-0.3, -0.25) is 19.8 Å². The molecule has 1 atom stereocenters. The van der Waals surface area contributed by atoms with Crippen LogP contribution in [0.5, 0.6) is 11.5 Å². The summed E-state index contributed by atoms with van der Waals surface area (Å²) in [6, 6.07) is 9.63. The molecule has 0 bridgehead atoms. The zero-order valence-corrected chi connectivity index (χ0v) is 18.9. The molecule has 1 saturated heterocycles. The lowest BCUT2D eigenvalue weighted by Crippen LogP contribution is -2.48. The average Bonchev–Trinajstić information content (AvgIpc) is 3.07. The highest BCUT2D eigenvalue weighted by Crippen LogP contribution is 2.29. The number of anilines is 1. The van der Waals surface area contributed by atoms with E-state index in [0.29, 0.717) is 29.4 Å². The number of imide groups is 1. The van der Waals surface area contributed by atoms with Crippen LogP contribution >= 0.6 is 0 Å². The van der Waals surface area contributed by atoms with Crippen molar-refractivity contribution >= 4 is 23.4 Å². The number of nitrogens with one attached hydrogen (secondary N) is 2. The third-order valence-corrected chi connectivity index (χ3v) is 5.29. The number of nitrogens with zero attached hydrogens (tertiary/aromatic N) is 1. The van der Waals surface area contributed by atoms with Gasteiger partial charge >= 0.3 is 0 Å². The average molecular weight is 440 g/mol. The van der Waals surface area contributed by atoms with Crippen LogP contribution in [0.4, 0.5) is 5.69 Å². The molecule has 32 heavy (non-hydrogen) atoms. The van der Waals surface area contributed by atoms with Crippen molar-refractivity contribution in [3.05, 3.63) is 53.1 Å². The zero-order chi connectivity index (χ0) is 23.3. The molecular weight excluding hydrogens is 410 g/mol. The molecule has 1 fully saturated rings. The van der Waals surface area contributed by atoms with Crippen LogP contribution in [0.2, 0.25) is 0 Å². The molecule has 170 valence electrons. The van der Waals surface area contributed by atoms with Gasteiger partial charge < -0.3 is 9.47 Å². The van der Waals surface area contributed by atoms with Crippen molar-refractivity contribution in [1.82, 2.24) is 10.9 Å². The molecule has 0 unspecified atom stereocenters. The molecule has 1 heterocycles. The number of aryl methyl sites for hydroxylation is 2. The first-order valence-corrected chi connectivity index (χ1v) is 10.7. The van der Waals surface area contributed by atoms with Gasteiger partial charge in [0, 0.05) is 5.56 Å². The lowest BCUT2D eigenvalue weighted by molar-refractivity contribution is -0.121. The minimum Gasteiger partial charge on any atom is -0.493 e. The van der Waals surface area contributed by atoms with Gasteiger partial charge in [-0.05, 0) is 55.7 Å². The van der Waals surface area contributed by atoms with Gasteiger partial charge in [-0.2, -0.15) is 0 Å². The van der Waals surface area contributed by atoms with Gasteiger partial charge in [0.25, 0.3) is 11.8 Å². The number of carbonyl (C=O) groups excluding carboxylic acids is 3. The standard InChI is InChI=1S/C24H29N3O5/c1-5-6-11-32-20-10-9-17(13-21(20)31-4)23(29)26-25-18-14-22(28)27(24(18)30)19-12-15(2)7-8-16(19)3/h7-10,12-13,18,25H,5-6,11,14H2,1-4H3,(H,26,29)/t18-/m0/s1. The van der Waals surface area contributed by atoms with Crippen molar-refractivity contribution in [3.63, 3.8) is 0 Å². The van der Waals surface area contributed by atoms with Crippen molar-refractivity contribution in [2.75, 3.05) is 18.6 Å². The minimum atomic E-state index is -0.843. The Labute approximate surface area is 187 Å². The summed E-state index contributed by atoms with van der Waals surface area (Å²) >= 11 is 0. The Morgan fingerprint density at radius 2 is 1.91 bits per heavy atom. The molecule has 8 heteroatoms. The summed E-state index contributed by atoms with van der Waals surface area (Å²) in [5.41, 5.74) is 7.91. The number of benzene rings is 2. The molecule has 2 aromatic rings. The molecule has 8 nitrogen and oxygen atoms in total. The van der Waals surface area contributed by atoms with Crippen LogP contribution < -0.4 is 25.2 Å². The van der Waals surface area contributed by atoms with Gasteiger partial charge in [0.05, 0.1) is 25.8 Å². The van der Waals surface area contributed by atoms with Gasteiger partial charge in [-0.1, -0.05) is 25.5 Å². The van der Waals surface area contributed by atoms with E-state index in [0.717, 1.165) is 24.0 Å². The number of hydrogen-bond acceptors (Lipinski definition) is 6. The van der Waals surface area contributed by atoms with E-state index >= 15 is 0 Å². The van der Waals surface area contributed by atoms with E-state index < -0.39 is 17.9 Å². The van der Waals surface area contributed by atoms with Crippen molar-refractivity contribution in [1.29, 1.82) is 0 Å². The van der Waals surface area contributed by atoms with Gasteiger partial charge in [0.2, 0.25) is 5.91 Å². The third-order valence-electron chi connectivity index (χ3n) is 5.29. The molecule has 0 aliphatic carbocycles. The van der Waals surface area contributed by atoms with Crippen LogP contribution in [0, 0.1) is 13.8 Å². The predicted molar refractivity (Wildman–Crippen MR) is 121 cm³/mol. The van der Waals surface area contributed by atoms with Crippen LogP contribution in [0.25, 0.3) is 0 Å². The molecule has 3 amide bonds. The number of methoxy groups -OCH3 is 1. The number of rotatable bonds is 9. The maximum Gasteiger partial charge on any atom is 0.265 e. The first kappa shape index (κ1) is 23.3. The summed E-state index contributed by atoms with van der Waals surface area (Å²) in [5, 5.41) is 0. The maximum atomic E-state index is 12.9. The van der Waals surface area contributed by atoms with Crippen molar-refractivity contribution in [2.24, 2.45) is 0 Å². The van der Waals surface area contributed by atoms with Crippen molar-refractivity contribution < 1.29 is 23.9 Å². The van der Waals surface area contributed by atoms with E-state index in [-0.39, 0.29) is 12.3 Å². The fourth-order valence-corrected chi connectivity index (χ4v) is 3.44. The molecule has 0 saturated carbocycles. The van der Waals surface area contributed by atoms with Crippen LogP contribution in [0.15, 0.2) is 36.4 Å². The fraction of sp³-hybridized carbons (Fsp3) is 0.375. The van der Waals surface area contributed by atoms with Crippen molar-refractivity contribution in [3.8, 4) is 11.5 Å². The Balaban J connectivity index is 1.65. The second kappa shape index (κ2) is 10.3. The molecule has 2 N–H and O–H groups in total. The number of hydrogen-bond donors (Lipinski definition) is 2. The Morgan fingerprint density at radius 3 is 2.62 bits per heavy atom. The van der Waals surface area contributed by atoms with Gasteiger partial charge in [-0.15, -0.1) is 0 Å². The maximum absolute atomic E-state index is 12.9. The number of carbonyl (C=O) groups is 3. The topological polar surface area (TPSA) is 97.0 Å². The van der Waals surface area contributed by atoms with E-state index in [2.05, 4.69) is 17.8 Å². The number of hydrazine groups is 1. The predicted octanol–water partition coefficient (Wildman–Crippen LogP) is 3.06. The van der Waals surface area contributed by atoms with Crippen molar-refractivity contribution in [2.45, 2.75) is 46.1 Å². The number of unbranched alkanes of at least 4 members (excludes halogenated alkanes) is 1. The smallest absolute Gasteiger partial charge is 0.265 e. The highest BCUT2D eigenvalue weighted by atomic mass is 16.5. The van der Waals surface area contributed by atoms with E-state index in [1.807, 2.05) is 32.0 Å². The largest absolute Gasteiger partial charge is 0.493 e. The first-order valence-electron chi connectivity index (χ1n) is 10.7. The Bertz CT molecular complexity index is 1020. The lowest BCUT2D eigenvalue weighted by Gasteiger charge is -2.18. The van der Waals surface area contributed by atoms with E-state index in [4.69, 9.17) is 9.47 Å². The highest BCUT2D eigenvalue weighted by Gasteiger charge is 2.40. The lowest BCUT2D eigenvalue weighted by atomic mass is 10.1. The Hall–Kier alpha value is -3.39. The number of ether oxygens (including phenoxy) is 2. The minimum absolute atomic E-state index is 0.0416. The van der Waals surface area contributed by atoms with Crippen LogP contribution in [-0.2, 0) is 9.59 Å². The second-order valence-corrected chi connectivity index (χ2v) is 7.78. The first-order chi connectivity index (χ1) is 15.3. The number of amides is 3. The van der Waals surface area contributed by atoms with Gasteiger partial charge in [0.1, 0.15) is 6.04 Å². The highest BCUT2D eigenvalue weighted by molar-refractivity contribution is 6.22. The molecular formula is C24H29N3O5. The molecule has 1 aliphatic heterocycles. The zero-order valence-electron chi connectivity index (χ0n) is 18.9. The molecule has 0 radical (unpaired) electrons. The Kier molecular flexibility index (Phi) is 7.48. The SMILES string of the molecule is CCCCOc1ccc(C(=O)NN[C@H]2CC(=O)N(c3cc(C)ccc3C)C2=O)cc1OC. The summed E-state index contributed by atoms with van der Waals surface area (Å²) in [6.45, 7) is 6.39. The molecule has 0 aromatic heterocycles. The van der Waals surface area contributed by atoms with E-state index in [1.165, 1.54) is 12.0 Å². The normalized spacial score (nSPS) is 15.8. The van der Waals surface area contributed by atoms with Crippen LogP contribution in [-0.4, -0.2) is 37.5 Å². The summed E-state index contributed by atoms with van der Waals surface area (Å²) in [6.07, 6.45) is 1.89. The summed E-state index contributed by atoms with van der Waals surface area (Å²) < 4.78 is 11.0. The monoisotopic (exact) mass is 439 g/mol. The quantitative estimate of drug-likeness (QED) is 0.354. The van der Waals surface area contributed by atoms with Crippen LogP contribution in [0.1, 0.15) is 47.7 Å².